The first-order chi connectivity index (χ1) is 47.7. The Morgan fingerprint density at radius 2 is 0.948 bits per heavy atom. The zero-order valence-electron chi connectivity index (χ0n) is 57.3. The van der Waals surface area contributed by atoms with Gasteiger partial charge in [-0.25, -0.2) is 9.59 Å². The van der Waals surface area contributed by atoms with Crippen LogP contribution in [0, 0.1) is 88.3 Å². The van der Waals surface area contributed by atoms with Crippen molar-refractivity contribution in [2.75, 3.05) is 6.61 Å². The number of unbranched alkanes of at least 4 members (excludes halogenated alkanes) is 3. The van der Waals surface area contributed by atoms with Gasteiger partial charge >= 0.3 is 11.9 Å². The van der Waals surface area contributed by atoms with Crippen molar-refractivity contribution in [1.82, 2.24) is 0 Å². The molecule has 10 aliphatic rings. The second-order valence-corrected chi connectivity index (χ2v) is 32.2. The normalized spacial score (nSPS) is 30.6. The number of carbonyl (C=O) groups excluding carboxylic acids is 2. The Labute approximate surface area is 575 Å². The summed E-state index contributed by atoms with van der Waals surface area (Å²) in [6, 6.07) is 53.8. The summed E-state index contributed by atoms with van der Waals surface area (Å²) in [5.74, 6) is 14.7. The van der Waals surface area contributed by atoms with Gasteiger partial charge in [0.1, 0.15) is 29.1 Å². The molecule has 0 N–H and O–H groups in total. The molecule has 97 heavy (non-hydrogen) atoms. The molecule has 0 amide bonds. The van der Waals surface area contributed by atoms with E-state index in [2.05, 4.69) is 118 Å². The Morgan fingerprint density at radius 1 is 0.464 bits per heavy atom. The van der Waals surface area contributed by atoms with Crippen LogP contribution in [0.4, 0.5) is 0 Å². The SMILES string of the molecule is CCCCCCOc1ccc(-c2ccc(C(=O)Oc3ccc4cc(C5=CCC(C6CCC7(CC6)C6C(C)C67)CC5)ccc4c3-c3c(OC(=O)c4ccc(-c5ccc(OC6C7C(CCC)C67)cc5)cc4)ccc4cc(C5=CCC(C6CCC(C7C8CC87)CC6)CC5)ccc34)cc2)cc1. The molecule has 8 atom stereocenters. The molecule has 8 aromatic rings. The summed E-state index contributed by atoms with van der Waals surface area (Å²) in [7, 11) is 0. The molecule has 0 aliphatic heterocycles. The van der Waals surface area contributed by atoms with Crippen LogP contribution in [0.2, 0.25) is 0 Å². The molecule has 0 saturated heterocycles. The van der Waals surface area contributed by atoms with E-state index in [9.17, 15) is 9.59 Å². The molecule has 8 unspecified atom stereocenters. The summed E-state index contributed by atoms with van der Waals surface area (Å²) < 4.78 is 25.9. The van der Waals surface area contributed by atoms with Gasteiger partial charge in [0, 0.05) is 23.0 Å². The Hall–Kier alpha value is -7.70. The molecule has 496 valence electrons. The number of carbonyl (C=O) groups is 2. The highest BCUT2D eigenvalue weighted by Crippen LogP contribution is 2.85. The second kappa shape index (κ2) is 25.2. The summed E-state index contributed by atoms with van der Waals surface area (Å²) in [4.78, 5) is 29.7. The maximum absolute atomic E-state index is 14.9. The van der Waals surface area contributed by atoms with E-state index in [1.165, 1.54) is 125 Å². The number of hydrogen-bond acceptors (Lipinski definition) is 6. The van der Waals surface area contributed by atoms with Gasteiger partial charge in [0.05, 0.1) is 17.7 Å². The predicted octanol–water partition coefficient (Wildman–Crippen LogP) is 23.3. The van der Waals surface area contributed by atoms with E-state index in [1.54, 1.807) is 0 Å². The largest absolute Gasteiger partial charge is 0.494 e. The van der Waals surface area contributed by atoms with Gasteiger partial charge in [0.15, 0.2) is 0 Å². The predicted molar refractivity (Wildman–Crippen MR) is 392 cm³/mol. The van der Waals surface area contributed by atoms with Crippen LogP contribution < -0.4 is 18.9 Å². The number of ether oxygens (including phenoxy) is 4. The lowest BCUT2D eigenvalue weighted by atomic mass is 9.66. The molecule has 8 aromatic carbocycles. The molecule has 6 heteroatoms. The quantitative estimate of drug-likeness (QED) is 0.0383. The van der Waals surface area contributed by atoms with Gasteiger partial charge in [-0.15, -0.1) is 0 Å². The monoisotopic (exact) mass is 1280 g/mol. The average Bonchev–Trinajstić information content (AvgIpc) is 1.47. The van der Waals surface area contributed by atoms with Crippen molar-refractivity contribution in [2.24, 2.45) is 88.3 Å². The number of benzene rings is 8. The van der Waals surface area contributed by atoms with Crippen LogP contribution in [0.5, 0.6) is 23.0 Å². The Morgan fingerprint density at radius 3 is 1.41 bits per heavy atom. The summed E-state index contributed by atoms with van der Waals surface area (Å²) in [5, 5.41) is 3.91. The number of fused-ring (bicyclic) bond motifs is 7. The Balaban J connectivity index is 0.660. The highest BCUT2D eigenvalue weighted by molar-refractivity contribution is 6.12. The molecule has 8 saturated carbocycles. The molecule has 0 radical (unpaired) electrons. The molecule has 0 heterocycles. The molecular formula is C91H96O6. The van der Waals surface area contributed by atoms with Crippen molar-refractivity contribution in [1.29, 1.82) is 0 Å². The van der Waals surface area contributed by atoms with E-state index >= 15 is 0 Å². The van der Waals surface area contributed by atoms with E-state index in [4.69, 9.17) is 18.9 Å². The van der Waals surface area contributed by atoms with E-state index < -0.39 is 11.9 Å². The first-order valence-electron chi connectivity index (χ1n) is 38.3. The van der Waals surface area contributed by atoms with Gasteiger partial charge in [-0.1, -0.05) is 144 Å². The number of esters is 2. The third-order valence-corrected chi connectivity index (χ3v) is 26.9. The average molecular weight is 1290 g/mol. The van der Waals surface area contributed by atoms with Crippen LogP contribution in [-0.4, -0.2) is 24.6 Å². The van der Waals surface area contributed by atoms with Gasteiger partial charge in [-0.05, 0) is 324 Å². The van der Waals surface area contributed by atoms with Gasteiger partial charge in [-0.3, -0.25) is 0 Å². The van der Waals surface area contributed by atoms with Crippen molar-refractivity contribution in [2.45, 2.75) is 162 Å². The Kier molecular flexibility index (Phi) is 16.0. The van der Waals surface area contributed by atoms with Crippen molar-refractivity contribution < 1.29 is 28.5 Å². The molecule has 0 bridgehead atoms. The van der Waals surface area contributed by atoms with Crippen molar-refractivity contribution in [3.8, 4) is 56.4 Å². The van der Waals surface area contributed by atoms with E-state index in [-0.39, 0.29) is 0 Å². The lowest BCUT2D eigenvalue weighted by Crippen LogP contribution is -2.28. The molecule has 0 aromatic heterocycles. The lowest BCUT2D eigenvalue weighted by Gasteiger charge is -2.39. The third-order valence-electron chi connectivity index (χ3n) is 26.9. The fourth-order valence-corrected chi connectivity index (χ4v) is 20.8. The van der Waals surface area contributed by atoms with Crippen LogP contribution in [0.1, 0.15) is 187 Å². The minimum atomic E-state index is -0.465. The highest BCUT2D eigenvalue weighted by atomic mass is 16.5. The lowest BCUT2D eigenvalue weighted by molar-refractivity contribution is 0.0723. The minimum absolute atomic E-state index is 0.378. The van der Waals surface area contributed by atoms with Crippen molar-refractivity contribution in [3.05, 3.63) is 192 Å². The first-order valence-corrected chi connectivity index (χ1v) is 38.3. The van der Waals surface area contributed by atoms with Crippen molar-refractivity contribution in [3.63, 3.8) is 0 Å². The summed E-state index contributed by atoms with van der Waals surface area (Å²) in [5.41, 5.74) is 12.5. The molecule has 6 nitrogen and oxygen atoms in total. The molecule has 8 fully saturated rings. The standard InChI is InChI=1S/C91H96O6/c1-4-6-7-8-50-94-72-38-30-60(31-39-72)57-20-26-66(27-21-57)89(92)96-79-45-37-71-52-69(63-16-12-59(13-17-63)64-46-48-91(49-47-64)86-54(3)87(86)91)35-43-75(71)83(79)82-74-42-34-68(62-14-10-55(11-15-62)56-18-24-65(25-19-56)81-77-53-78(77)81)51-70(74)36-44-80(82)97-90(93)67-28-22-58(23-29-67)61-32-40-73(41-33-61)95-88-84-76(9-5-2)85(84)88/h14,16,20-23,26-45,51-52,54-56,59,64-65,76-78,81,84-88H,4-13,15,17-19,24-25,46-50,53H2,1-3H3. The van der Waals surface area contributed by atoms with Gasteiger partial charge < -0.3 is 18.9 Å². The maximum Gasteiger partial charge on any atom is 0.343 e. The van der Waals surface area contributed by atoms with Gasteiger partial charge in [-0.2, -0.15) is 0 Å². The highest BCUT2D eigenvalue weighted by Gasteiger charge is 2.80. The summed E-state index contributed by atoms with van der Waals surface area (Å²) in [6.07, 6.45) is 32.7. The fourth-order valence-electron chi connectivity index (χ4n) is 20.8. The summed E-state index contributed by atoms with van der Waals surface area (Å²) in [6.45, 7) is 7.68. The van der Waals surface area contributed by atoms with Gasteiger partial charge in [0.25, 0.3) is 0 Å². The Bertz CT molecular complexity index is 4330. The summed E-state index contributed by atoms with van der Waals surface area (Å²) >= 11 is 0. The van der Waals surface area contributed by atoms with Crippen LogP contribution >= 0.6 is 0 Å². The van der Waals surface area contributed by atoms with Crippen molar-refractivity contribution >= 4 is 44.6 Å². The molecule has 1 spiro atoms. The smallest absolute Gasteiger partial charge is 0.343 e. The molecular weight excluding hydrogens is 1190 g/mol. The van der Waals surface area contributed by atoms with Crippen LogP contribution in [0.25, 0.3) is 66.1 Å². The number of hydrogen-bond donors (Lipinski definition) is 0. The van der Waals surface area contributed by atoms with Gasteiger partial charge in [0.2, 0.25) is 0 Å². The minimum Gasteiger partial charge on any atom is -0.494 e. The van der Waals surface area contributed by atoms with E-state index in [0.29, 0.717) is 46.5 Å². The topological polar surface area (TPSA) is 71.1 Å². The fraction of sp³-hybridized carbons (Fsp3) is 0.451. The van der Waals surface area contributed by atoms with E-state index in [1.807, 2.05) is 72.8 Å². The first kappa shape index (κ1) is 61.6. The zero-order valence-corrected chi connectivity index (χ0v) is 57.3. The van der Waals surface area contributed by atoms with Crippen LogP contribution in [0.3, 0.4) is 0 Å². The zero-order chi connectivity index (χ0) is 65.0. The van der Waals surface area contributed by atoms with Crippen LogP contribution in [0.15, 0.2) is 170 Å². The number of allylic oxidation sites excluding steroid dienone is 4. The number of rotatable bonds is 22. The third kappa shape index (κ3) is 11.8. The van der Waals surface area contributed by atoms with Crippen LogP contribution in [-0.2, 0) is 0 Å². The molecule has 10 aliphatic carbocycles. The molecule has 18 rings (SSSR count). The van der Waals surface area contributed by atoms with E-state index in [0.717, 1.165) is 176 Å². The second-order valence-electron chi connectivity index (χ2n) is 32.2. The maximum atomic E-state index is 14.9.